The molecule has 154 valence electrons. The molecule has 29 heavy (non-hydrogen) atoms. The Kier molecular flexibility index (Phi) is 8.71. The van der Waals surface area contributed by atoms with E-state index in [2.05, 4.69) is 15.8 Å². The summed E-state index contributed by atoms with van der Waals surface area (Å²) in [5, 5.41) is 16.2. The minimum Gasteiger partial charge on any atom is -0.504 e. The Morgan fingerprint density at radius 2 is 1.86 bits per heavy atom. The maximum absolute atomic E-state index is 12.0. The van der Waals surface area contributed by atoms with E-state index in [-0.39, 0.29) is 5.75 Å². The Labute approximate surface area is 182 Å². The van der Waals surface area contributed by atoms with Crippen LogP contribution in [0.1, 0.15) is 25.8 Å². The van der Waals surface area contributed by atoms with Crippen molar-refractivity contribution in [3.63, 3.8) is 0 Å². The van der Waals surface area contributed by atoms with Crippen LogP contribution >= 0.6 is 22.6 Å². The average Bonchev–Trinajstić information content (AvgIpc) is 2.71. The molecule has 0 fully saturated rings. The van der Waals surface area contributed by atoms with Crippen molar-refractivity contribution in [1.29, 1.82) is 0 Å². The topological polar surface area (TPSA) is 109 Å². The SMILES string of the molecule is CCCOc1ccc(NC(=O)C(=O)N/N=C\c2cc(I)c(O)c(OCC)c2)cc1. The number of carbonyl (C=O) groups excluding carboxylic acids is 2. The summed E-state index contributed by atoms with van der Waals surface area (Å²) in [6, 6.07) is 9.96. The van der Waals surface area contributed by atoms with Crippen LogP contribution in [0.5, 0.6) is 17.2 Å². The molecule has 8 nitrogen and oxygen atoms in total. The van der Waals surface area contributed by atoms with E-state index < -0.39 is 11.8 Å². The quantitative estimate of drug-likeness (QED) is 0.218. The highest BCUT2D eigenvalue weighted by Gasteiger charge is 2.13. The molecule has 2 amide bonds. The number of anilines is 1. The van der Waals surface area contributed by atoms with Crippen molar-refractivity contribution in [2.75, 3.05) is 18.5 Å². The van der Waals surface area contributed by atoms with Gasteiger partial charge in [0.15, 0.2) is 11.5 Å². The van der Waals surface area contributed by atoms with Crippen molar-refractivity contribution in [3.8, 4) is 17.2 Å². The normalized spacial score (nSPS) is 10.6. The number of rotatable bonds is 8. The molecular formula is C20H22IN3O5. The van der Waals surface area contributed by atoms with E-state index in [0.717, 1.165) is 6.42 Å². The monoisotopic (exact) mass is 511 g/mol. The summed E-state index contributed by atoms with van der Waals surface area (Å²) in [5.41, 5.74) is 3.23. The minimum absolute atomic E-state index is 0.0409. The van der Waals surface area contributed by atoms with Gasteiger partial charge in [-0.05, 0) is 77.9 Å². The van der Waals surface area contributed by atoms with Crippen LogP contribution in [0.2, 0.25) is 0 Å². The molecule has 0 heterocycles. The smallest absolute Gasteiger partial charge is 0.329 e. The number of hydrogen-bond acceptors (Lipinski definition) is 6. The summed E-state index contributed by atoms with van der Waals surface area (Å²) in [7, 11) is 0. The van der Waals surface area contributed by atoms with E-state index >= 15 is 0 Å². The summed E-state index contributed by atoms with van der Waals surface area (Å²) < 4.78 is 11.4. The summed E-state index contributed by atoms with van der Waals surface area (Å²) in [6.45, 7) is 4.82. The molecule has 0 radical (unpaired) electrons. The summed E-state index contributed by atoms with van der Waals surface area (Å²) in [6.07, 6.45) is 2.25. The van der Waals surface area contributed by atoms with Crippen molar-refractivity contribution < 1.29 is 24.2 Å². The van der Waals surface area contributed by atoms with Gasteiger partial charge in [0.25, 0.3) is 0 Å². The van der Waals surface area contributed by atoms with E-state index in [4.69, 9.17) is 9.47 Å². The molecule has 2 aromatic carbocycles. The maximum Gasteiger partial charge on any atom is 0.329 e. The largest absolute Gasteiger partial charge is 0.504 e. The van der Waals surface area contributed by atoms with Crippen LogP contribution in [0.25, 0.3) is 0 Å². The minimum atomic E-state index is -0.911. The fourth-order valence-electron chi connectivity index (χ4n) is 2.19. The Morgan fingerprint density at radius 1 is 1.14 bits per heavy atom. The van der Waals surface area contributed by atoms with E-state index in [9.17, 15) is 14.7 Å². The number of nitrogens with zero attached hydrogens (tertiary/aromatic N) is 1. The first-order chi connectivity index (χ1) is 13.9. The van der Waals surface area contributed by atoms with Gasteiger partial charge in [-0.3, -0.25) is 9.59 Å². The summed E-state index contributed by atoms with van der Waals surface area (Å²) >= 11 is 1.96. The zero-order valence-corrected chi connectivity index (χ0v) is 18.2. The fraction of sp³-hybridized carbons (Fsp3) is 0.250. The highest BCUT2D eigenvalue weighted by atomic mass is 127. The van der Waals surface area contributed by atoms with Gasteiger partial charge < -0.3 is 19.9 Å². The molecule has 0 saturated heterocycles. The van der Waals surface area contributed by atoms with Crippen LogP contribution in [-0.4, -0.2) is 36.3 Å². The number of nitrogens with one attached hydrogen (secondary N) is 2. The second kappa shape index (κ2) is 11.2. The first kappa shape index (κ1) is 22.5. The third-order valence-corrected chi connectivity index (χ3v) is 4.34. The lowest BCUT2D eigenvalue weighted by Gasteiger charge is -2.08. The second-order valence-corrected chi connectivity index (χ2v) is 6.97. The molecule has 0 unspecified atom stereocenters. The molecule has 2 aromatic rings. The molecular weight excluding hydrogens is 489 g/mol. The van der Waals surface area contributed by atoms with Crippen LogP contribution in [0, 0.1) is 3.57 Å². The van der Waals surface area contributed by atoms with Gasteiger partial charge >= 0.3 is 11.8 Å². The molecule has 0 aliphatic rings. The lowest BCUT2D eigenvalue weighted by molar-refractivity contribution is -0.136. The molecule has 0 saturated carbocycles. The summed E-state index contributed by atoms with van der Waals surface area (Å²) in [5.74, 6) is -0.713. The Balaban J connectivity index is 1.92. The van der Waals surface area contributed by atoms with Crippen LogP contribution in [0.4, 0.5) is 5.69 Å². The van der Waals surface area contributed by atoms with Gasteiger partial charge in [-0.15, -0.1) is 0 Å². The van der Waals surface area contributed by atoms with Crippen LogP contribution < -0.4 is 20.2 Å². The number of aromatic hydroxyl groups is 1. The molecule has 0 aliphatic carbocycles. The Bertz CT molecular complexity index is 884. The third-order valence-electron chi connectivity index (χ3n) is 3.52. The molecule has 3 N–H and O–H groups in total. The number of benzene rings is 2. The van der Waals surface area contributed by atoms with Crippen molar-refractivity contribution in [1.82, 2.24) is 5.43 Å². The van der Waals surface area contributed by atoms with Crippen LogP contribution in [-0.2, 0) is 9.59 Å². The van der Waals surface area contributed by atoms with E-state index in [1.165, 1.54) is 6.21 Å². The van der Waals surface area contributed by atoms with Crippen LogP contribution in [0.15, 0.2) is 41.5 Å². The van der Waals surface area contributed by atoms with E-state index in [0.29, 0.717) is 39.5 Å². The number of carbonyl (C=O) groups is 2. The van der Waals surface area contributed by atoms with Gasteiger partial charge in [-0.2, -0.15) is 5.10 Å². The number of halogens is 1. The van der Waals surface area contributed by atoms with Crippen molar-refractivity contribution in [2.24, 2.45) is 5.10 Å². The van der Waals surface area contributed by atoms with Gasteiger partial charge in [-0.25, -0.2) is 5.43 Å². The van der Waals surface area contributed by atoms with Crippen molar-refractivity contribution in [2.45, 2.75) is 20.3 Å². The van der Waals surface area contributed by atoms with Gasteiger partial charge in [0.05, 0.1) is 23.0 Å². The Morgan fingerprint density at radius 3 is 2.52 bits per heavy atom. The molecule has 0 aliphatic heterocycles. The number of ether oxygens (including phenoxy) is 2. The van der Waals surface area contributed by atoms with Gasteiger partial charge in [-0.1, -0.05) is 6.92 Å². The number of hydrazone groups is 1. The second-order valence-electron chi connectivity index (χ2n) is 5.81. The zero-order valence-electron chi connectivity index (χ0n) is 16.1. The maximum atomic E-state index is 12.0. The molecule has 0 aromatic heterocycles. The fourth-order valence-corrected chi connectivity index (χ4v) is 2.82. The predicted molar refractivity (Wildman–Crippen MR) is 119 cm³/mol. The number of phenols is 1. The lowest BCUT2D eigenvalue weighted by atomic mass is 10.2. The van der Waals surface area contributed by atoms with Crippen molar-refractivity contribution in [3.05, 3.63) is 45.5 Å². The summed E-state index contributed by atoms with van der Waals surface area (Å²) in [4.78, 5) is 23.9. The number of amides is 2. The first-order valence-corrected chi connectivity index (χ1v) is 10.0. The molecule has 0 atom stereocenters. The molecule has 2 rings (SSSR count). The lowest BCUT2D eigenvalue weighted by Crippen LogP contribution is -2.32. The standard InChI is InChI=1S/C20H22IN3O5/c1-3-9-29-15-7-5-14(6-8-15)23-19(26)20(27)24-22-12-13-10-16(21)18(25)17(11-13)28-4-2/h5-8,10-12,25H,3-4,9H2,1-2H3,(H,23,26)(H,24,27)/b22-12-. The zero-order chi connectivity index (χ0) is 21.2. The predicted octanol–water partition coefficient (Wildman–Crippen LogP) is 3.27. The number of hydrogen-bond donors (Lipinski definition) is 3. The highest BCUT2D eigenvalue weighted by Crippen LogP contribution is 2.32. The Hall–Kier alpha value is -2.82. The molecule has 0 spiro atoms. The van der Waals surface area contributed by atoms with Gasteiger partial charge in [0.1, 0.15) is 5.75 Å². The van der Waals surface area contributed by atoms with E-state index in [1.54, 1.807) is 43.3 Å². The highest BCUT2D eigenvalue weighted by molar-refractivity contribution is 14.1. The van der Waals surface area contributed by atoms with Crippen LogP contribution in [0.3, 0.4) is 0 Å². The number of phenolic OH excluding ortho intramolecular Hbond substituents is 1. The third kappa shape index (κ3) is 6.93. The van der Waals surface area contributed by atoms with Gasteiger partial charge in [0, 0.05) is 5.69 Å². The average molecular weight is 511 g/mol. The molecule has 0 bridgehead atoms. The van der Waals surface area contributed by atoms with E-state index in [1.807, 2.05) is 29.5 Å². The van der Waals surface area contributed by atoms with Gasteiger partial charge in [0.2, 0.25) is 0 Å². The molecule has 9 heteroatoms. The van der Waals surface area contributed by atoms with Crippen molar-refractivity contribution >= 4 is 46.3 Å². The first-order valence-electron chi connectivity index (χ1n) is 8.97.